The van der Waals surface area contributed by atoms with E-state index in [1.54, 1.807) is 12.1 Å². The van der Waals surface area contributed by atoms with Crippen LogP contribution in [0.3, 0.4) is 0 Å². The van der Waals surface area contributed by atoms with Crippen LogP contribution in [0.15, 0.2) is 24.3 Å². The van der Waals surface area contributed by atoms with E-state index in [2.05, 4.69) is 11.2 Å². The molecular weight excluding hydrogens is 165 g/mol. The van der Waals surface area contributed by atoms with E-state index in [1.165, 1.54) is 12.1 Å². The second-order valence-electron chi connectivity index (χ2n) is 2.76. The summed E-state index contributed by atoms with van der Waals surface area (Å²) in [6, 6.07) is 6.44. The van der Waals surface area contributed by atoms with E-state index < -0.39 is 0 Å². The predicted molar refractivity (Wildman–Crippen MR) is 51.6 cm³/mol. The third-order valence-electron chi connectivity index (χ3n) is 1.69. The van der Waals surface area contributed by atoms with Gasteiger partial charge in [0.15, 0.2) is 0 Å². The van der Waals surface area contributed by atoms with Gasteiger partial charge in [0.2, 0.25) is 0 Å². The van der Waals surface area contributed by atoms with Crippen molar-refractivity contribution in [1.82, 2.24) is 5.32 Å². The van der Waals surface area contributed by atoms with Gasteiger partial charge in [-0.3, -0.25) is 0 Å². The van der Waals surface area contributed by atoms with Crippen LogP contribution in [0.4, 0.5) is 4.39 Å². The Morgan fingerprint density at radius 2 is 2.00 bits per heavy atom. The zero-order valence-electron chi connectivity index (χ0n) is 7.39. The highest BCUT2D eigenvalue weighted by molar-refractivity contribution is 5.15. The number of halogens is 1. The molecule has 68 valence electrons. The van der Waals surface area contributed by atoms with Gasteiger partial charge in [-0.15, -0.1) is 12.3 Å². The molecule has 0 aliphatic heterocycles. The maximum Gasteiger partial charge on any atom is 0.123 e. The molecule has 0 aliphatic carbocycles. The first-order valence-electron chi connectivity index (χ1n) is 4.21. The molecule has 0 saturated heterocycles. The fourth-order valence-corrected chi connectivity index (χ4v) is 0.996. The fraction of sp³-hybridized carbons (Fsp3) is 0.273. The first-order chi connectivity index (χ1) is 6.33. The van der Waals surface area contributed by atoms with Crippen LogP contribution in [-0.4, -0.2) is 6.54 Å². The molecule has 2 heteroatoms. The molecule has 0 heterocycles. The van der Waals surface area contributed by atoms with Gasteiger partial charge in [-0.2, -0.15) is 0 Å². The Hall–Kier alpha value is -1.33. The van der Waals surface area contributed by atoms with Crippen molar-refractivity contribution in [3.8, 4) is 12.3 Å². The molecule has 1 aromatic carbocycles. The highest BCUT2D eigenvalue weighted by atomic mass is 19.1. The highest BCUT2D eigenvalue weighted by Gasteiger charge is 1.92. The molecule has 0 amide bonds. The van der Waals surface area contributed by atoms with Crippen LogP contribution in [-0.2, 0) is 6.54 Å². The van der Waals surface area contributed by atoms with Crippen molar-refractivity contribution in [3.05, 3.63) is 35.6 Å². The van der Waals surface area contributed by atoms with Crippen LogP contribution < -0.4 is 5.32 Å². The topological polar surface area (TPSA) is 12.0 Å². The van der Waals surface area contributed by atoms with Crippen molar-refractivity contribution in [2.75, 3.05) is 6.54 Å². The molecule has 1 nitrogen and oxygen atoms in total. The van der Waals surface area contributed by atoms with Crippen molar-refractivity contribution in [2.45, 2.75) is 13.0 Å². The lowest BCUT2D eigenvalue weighted by molar-refractivity contribution is 0.625. The van der Waals surface area contributed by atoms with E-state index in [-0.39, 0.29) is 5.82 Å². The molecule has 0 aromatic heterocycles. The summed E-state index contributed by atoms with van der Waals surface area (Å²) in [6.07, 6.45) is 5.81. The number of hydrogen-bond donors (Lipinski definition) is 1. The molecule has 1 N–H and O–H groups in total. The lowest BCUT2D eigenvalue weighted by atomic mass is 10.2. The summed E-state index contributed by atoms with van der Waals surface area (Å²) in [4.78, 5) is 0. The van der Waals surface area contributed by atoms with Gasteiger partial charge in [-0.1, -0.05) is 12.1 Å². The molecule has 0 bridgehead atoms. The molecule has 0 radical (unpaired) electrons. The summed E-state index contributed by atoms with van der Waals surface area (Å²) in [5, 5.41) is 3.16. The van der Waals surface area contributed by atoms with Crippen LogP contribution in [0.5, 0.6) is 0 Å². The van der Waals surface area contributed by atoms with E-state index in [9.17, 15) is 4.39 Å². The Kier molecular flexibility index (Phi) is 4.01. The second kappa shape index (κ2) is 5.34. The number of terminal acetylenes is 1. The molecule has 0 unspecified atom stereocenters. The molecule has 0 atom stereocenters. The highest BCUT2D eigenvalue weighted by Crippen LogP contribution is 2.01. The molecule has 0 spiro atoms. The monoisotopic (exact) mass is 177 g/mol. The molecule has 0 saturated carbocycles. The van der Waals surface area contributed by atoms with Crippen molar-refractivity contribution in [1.29, 1.82) is 0 Å². The van der Waals surface area contributed by atoms with Gasteiger partial charge in [-0.05, 0) is 17.7 Å². The Morgan fingerprint density at radius 1 is 1.31 bits per heavy atom. The Balaban J connectivity index is 2.30. The van der Waals surface area contributed by atoms with E-state index >= 15 is 0 Å². The second-order valence-corrected chi connectivity index (χ2v) is 2.76. The van der Waals surface area contributed by atoms with Gasteiger partial charge in [0.25, 0.3) is 0 Å². The standard InChI is InChI=1S/C11H12FN/c1-2-3-8-13-9-10-4-6-11(12)7-5-10/h1,4-7,13H,3,8-9H2. The number of hydrogen-bond acceptors (Lipinski definition) is 1. The predicted octanol–water partition coefficient (Wildman–Crippen LogP) is 1.94. The number of nitrogens with one attached hydrogen (secondary N) is 1. The number of benzene rings is 1. The number of rotatable bonds is 4. The van der Waals surface area contributed by atoms with Gasteiger partial charge < -0.3 is 5.32 Å². The Labute approximate surface area is 78.0 Å². The third kappa shape index (κ3) is 3.73. The smallest absolute Gasteiger partial charge is 0.123 e. The summed E-state index contributed by atoms with van der Waals surface area (Å²) in [5.41, 5.74) is 1.07. The van der Waals surface area contributed by atoms with Crippen LogP contribution in [0, 0.1) is 18.2 Å². The minimum atomic E-state index is -0.202. The lowest BCUT2D eigenvalue weighted by Crippen LogP contribution is -2.13. The summed E-state index contributed by atoms with van der Waals surface area (Å²) in [7, 11) is 0. The normalized spacial score (nSPS) is 9.54. The van der Waals surface area contributed by atoms with E-state index in [1.807, 2.05) is 0 Å². The maximum absolute atomic E-state index is 12.5. The first kappa shape index (κ1) is 9.76. The first-order valence-corrected chi connectivity index (χ1v) is 4.21. The molecule has 1 aromatic rings. The van der Waals surface area contributed by atoms with Crippen LogP contribution in [0.1, 0.15) is 12.0 Å². The Bertz CT molecular complexity index is 284. The molecule has 13 heavy (non-hydrogen) atoms. The molecule has 0 fully saturated rings. The van der Waals surface area contributed by atoms with E-state index in [0.717, 1.165) is 25.1 Å². The molecule has 1 rings (SSSR count). The summed E-state index contributed by atoms with van der Waals surface area (Å²) in [5.74, 6) is 2.34. The summed E-state index contributed by atoms with van der Waals surface area (Å²) < 4.78 is 12.5. The van der Waals surface area contributed by atoms with Gasteiger partial charge >= 0.3 is 0 Å². The molecule has 0 aliphatic rings. The van der Waals surface area contributed by atoms with Gasteiger partial charge in [0.05, 0.1) is 0 Å². The minimum Gasteiger partial charge on any atom is -0.312 e. The van der Waals surface area contributed by atoms with Crippen LogP contribution in [0.2, 0.25) is 0 Å². The SMILES string of the molecule is C#CCCNCc1ccc(F)cc1. The third-order valence-corrected chi connectivity index (χ3v) is 1.69. The lowest BCUT2D eigenvalue weighted by Gasteiger charge is -2.01. The zero-order valence-corrected chi connectivity index (χ0v) is 7.39. The maximum atomic E-state index is 12.5. The van der Waals surface area contributed by atoms with Crippen molar-refractivity contribution in [2.24, 2.45) is 0 Å². The average molecular weight is 177 g/mol. The largest absolute Gasteiger partial charge is 0.312 e. The van der Waals surface area contributed by atoms with Crippen molar-refractivity contribution >= 4 is 0 Å². The Morgan fingerprint density at radius 3 is 2.62 bits per heavy atom. The summed E-state index contributed by atoms with van der Waals surface area (Å²) in [6.45, 7) is 1.54. The van der Waals surface area contributed by atoms with Crippen molar-refractivity contribution < 1.29 is 4.39 Å². The quantitative estimate of drug-likeness (QED) is 0.547. The fourth-order valence-electron chi connectivity index (χ4n) is 0.996. The van der Waals surface area contributed by atoms with Gasteiger partial charge in [0, 0.05) is 19.5 Å². The van der Waals surface area contributed by atoms with Crippen LogP contribution >= 0.6 is 0 Å². The van der Waals surface area contributed by atoms with Crippen molar-refractivity contribution in [3.63, 3.8) is 0 Å². The minimum absolute atomic E-state index is 0.202. The summed E-state index contributed by atoms with van der Waals surface area (Å²) >= 11 is 0. The molecular formula is C11H12FN. The van der Waals surface area contributed by atoms with E-state index in [4.69, 9.17) is 6.42 Å². The van der Waals surface area contributed by atoms with Crippen LogP contribution in [0.25, 0.3) is 0 Å². The van der Waals surface area contributed by atoms with Gasteiger partial charge in [0.1, 0.15) is 5.82 Å². The van der Waals surface area contributed by atoms with Gasteiger partial charge in [-0.25, -0.2) is 4.39 Å². The zero-order chi connectivity index (χ0) is 9.52. The average Bonchev–Trinajstić information content (AvgIpc) is 2.15. The van der Waals surface area contributed by atoms with E-state index in [0.29, 0.717) is 0 Å².